The maximum absolute atomic E-state index is 6.54. The lowest BCUT2D eigenvalue weighted by molar-refractivity contribution is -0.235. The molecule has 0 N–H and O–H groups in total. The molecule has 0 amide bonds. The van der Waals surface area contributed by atoms with Gasteiger partial charge in [-0.25, -0.2) is 0 Å². The Morgan fingerprint density at radius 3 is 2.90 bits per heavy atom. The predicted octanol–water partition coefficient (Wildman–Crippen LogP) is 3.81. The highest BCUT2D eigenvalue weighted by molar-refractivity contribution is 7.10. The highest BCUT2D eigenvalue weighted by Gasteiger charge is 2.82. The van der Waals surface area contributed by atoms with E-state index in [0.29, 0.717) is 17.9 Å². The Kier molecular flexibility index (Phi) is 1.94. The SMILES string of the molecule is c1cncc([C@@H]2[C@@H]3CC[C@H]4[C@@H]5OC(c6cccs6)([C@H]42)[C@@H]35)c1. The molecule has 4 aliphatic carbocycles. The van der Waals surface area contributed by atoms with Crippen molar-refractivity contribution in [2.24, 2.45) is 23.7 Å². The molecule has 6 bridgehead atoms. The van der Waals surface area contributed by atoms with Crippen LogP contribution in [0.1, 0.15) is 29.2 Å². The third kappa shape index (κ3) is 1.09. The summed E-state index contributed by atoms with van der Waals surface area (Å²) in [5.41, 5.74) is 1.51. The number of hydrogen-bond acceptors (Lipinski definition) is 3. The Hall–Kier alpha value is -1.19. The van der Waals surface area contributed by atoms with Crippen molar-refractivity contribution in [3.05, 3.63) is 52.5 Å². The summed E-state index contributed by atoms with van der Waals surface area (Å²) in [5, 5.41) is 2.21. The van der Waals surface area contributed by atoms with E-state index < -0.39 is 0 Å². The molecule has 3 heterocycles. The maximum Gasteiger partial charge on any atom is 0.112 e. The second-order valence-electron chi connectivity index (χ2n) is 7.12. The van der Waals surface area contributed by atoms with Gasteiger partial charge in [-0.1, -0.05) is 12.1 Å². The molecule has 2 nitrogen and oxygen atoms in total. The standard InChI is InChI=1S/C18H17NOS/c1-3-10(9-19-7-1)14-11-5-6-12-15(14)18(13-4-2-8-21-13)16(11)17(12)20-18/h1-4,7-9,11-12,14-17H,5-6H2/t11-,12+,14+,15+,16-,17-,18?/m0/s1. The largest absolute Gasteiger partial charge is 0.365 e. The van der Waals surface area contributed by atoms with Gasteiger partial charge in [0.2, 0.25) is 0 Å². The molecule has 2 aromatic rings. The summed E-state index contributed by atoms with van der Waals surface area (Å²) in [5.74, 6) is 3.72. The van der Waals surface area contributed by atoms with E-state index in [2.05, 4.69) is 40.8 Å². The fourth-order valence-electron chi connectivity index (χ4n) is 6.31. The molecule has 5 fully saturated rings. The van der Waals surface area contributed by atoms with E-state index in [1.54, 1.807) is 0 Å². The quantitative estimate of drug-likeness (QED) is 0.840. The molecule has 5 aliphatic rings. The molecule has 1 aliphatic heterocycles. The highest BCUT2D eigenvalue weighted by atomic mass is 32.1. The highest BCUT2D eigenvalue weighted by Crippen LogP contribution is 2.81. The van der Waals surface area contributed by atoms with Crippen LogP contribution in [0, 0.1) is 23.7 Å². The molecular formula is C18H17NOS. The zero-order chi connectivity index (χ0) is 13.6. The number of nitrogens with zero attached hydrogens (tertiary/aromatic N) is 1. The summed E-state index contributed by atoms with van der Waals surface area (Å²) in [7, 11) is 0. The minimum absolute atomic E-state index is 0.0607. The van der Waals surface area contributed by atoms with Gasteiger partial charge in [-0.15, -0.1) is 11.3 Å². The molecule has 21 heavy (non-hydrogen) atoms. The van der Waals surface area contributed by atoms with Gasteiger partial charge in [0.1, 0.15) is 5.60 Å². The summed E-state index contributed by atoms with van der Waals surface area (Å²) >= 11 is 1.89. The second-order valence-corrected chi connectivity index (χ2v) is 8.07. The van der Waals surface area contributed by atoms with Crippen LogP contribution in [0.25, 0.3) is 0 Å². The van der Waals surface area contributed by atoms with Crippen molar-refractivity contribution in [1.29, 1.82) is 0 Å². The van der Waals surface area contributed by atoms with Crippen LogP contribution in [0.5, 0.6) is 0 Å². The average Bonchev–Trinajstić information content (AvgIpc) is 3.20. The molecule has 1 saturated heterocycles. The van der Waals surface area contributed by atoms with Crippen LogP contribution in [0.4, 0.5) is 0 Å². The van der Waals surface area contributed by atoms with Crippen molar-refractivity contribution < 1.29 is 4.74 Å². The number of rotatable bonds is 2. The molecule has 2 aromatic heterocycles. The molecule has 106 valence electrons. The first-order valence-corrected chi connectivity index (χ1v) is 8.91. The summed E-state index contributed by atoms with van der Waals surface area (Å²) in [4.78, 5) is 5.86. The fourth-order valence-corrected chi connectivity index (χ4v) is 7.28. The Morgan fingerprint density at radius 1 is 1.14 bits per heavy atom. The van der Waals surface area contributed by atoms with Crippen molar-refractivity contribution in [2.75, 3.05) is 0 Å². The van der Waals surface area contributed by atoms with Gasteiger partial charge >= 0.3 is 0 Å². The van der Waals surface area contributed by atoms with Crippen molar-refractivity contribution in [2.45, 2.75) is 30.5 Å². The van der Waals surface area contributed by atoms with Crippen LogP contribution in [-0.2, 0) is 10.3 Å². The first-order chi connectivity index (χ1) is 10.4. The van der Waals surface area contributed by atoms with Crippen LogP contribution >= 0.6 is 11.3 Å². The molecule has 7 rings (SSSR count). The fraction of sp³-hybridized carbons (Fsp3) is 0.500. The van der Waals surface area contributed by atoms with Crippen LogP contribution < -0.4 is 0 Å². The summed E-state index contributed by atoms with van der Waals surface area (Å²) in [6.07, 6.45) is 7.31. The molecule has 0 radical (unpaired) electrons. The Morgan fingerprint density at radius 2 is 2.10 bits per heavy atom. The normalized spacial score (nSPS) is 48.6. The molecule has 4 saturated carbocycles. The number of thiophene rings is 1. The van der Waals surface area contributed by atoms with Gasteiger partial charge in [-0.3, -0.25) is 4.98 Å². The topological polar surface area (TPSA) is 22.1 Å². The molecule has 3 heteroatoms. The smallest absolute Gasteiger partial charge is 0.112 e. The van der Waals surface area contributed by atoms with Gasteiger partial charge in [-0.2, -0.15) is 0 Å². The number of ether oxygens (including phenoxy) is 1. The lowest BCUT2D eigenvalue weighted by Crippen LogP contribution is -2.53. The van der Waals surface area contributed by atoms with Gasteiger partial charge < -0.3 is 4.74 Å². The lowest BCUT2D eigenvalue weighted by atomic mass is 9.61. The van der Waals surface area contributed by atoms with Crippen molar-refractivity contribution in [3.8, 4) is 0 Å². The van der Waals surface area contributed by atoms with E-state index in [4.69, 9.17) is 4.74 Å². The zero-order valence-corrected chi connectivity index (χ0v) is 12.5. The molecule has 1 unspecified atom stereocenters. The summed E-state index contributed by atoms with van der Waals surface area (Å²) in [6, 6.07) is 8.87. The van der Waals surface area contributed by atoms with E-state index in [1.807, 2.05) is 17.5 Å². The monoisotopic (exact) mass is 295 g/mol. The summed E-state index contributed by atoms with van der Waals surface area (Å²) in [6.45, 7) is 0. The zero-order valence-electron chi connectivity index (χ0n) is 11.7. The Bertz CT molecular complexity index is 699. The third-order valence-corrected chi connectivity index (χ3v) is 7.68. The molecule has 0 spiro atoms. The van der Waals surface area contributed by atoms with Gasteiger partial charge in [0, 0.05) is 29.1 Å². The average molecular weight is 295 g/mol. The van der Waals surface area contributed by atoms with Gasteiger partial charge in [0.25, 0.3) is 0 Å². The first-order valence-electron chi connectivity index (χ1n) is 8.03. The summed E-state index contributed by atoms with van der Waals surface area (Å²) < 4.78 is 6.54. The van der Waals surface area contributed by atoms with Crippen LogP contribution in [0.2, 0.25) is 0 Å². The van der Waals surface area contributed by atoms with E-state index in [-0.39, 0.29) is 5.60 Å². The Labute approximate surface area is 128 Å². The maximum atomic E-state index is 6.54. The van der Waals surface area contributed by atoms with E-state index in [1.165, 1.54) is 23.3 Å². The molecule has 7 atom stereocenters. The third-order valence-electron chi connectivity index (χ3n) is 6.68. The minimum Gasteiger partial charge on any atom is -0.365 e. The van der Waals surface area contributed by atoms with Crippen molar-refractivity contribution in [1.82, 2.24) is 4.98 Å². The second kappa shape index (κ2) is 3.58. The van der Waals surface area contributed by atoms with Crippen LogP contribution in [-0.4, -0.2) is 11.1 Å². The van der Waals surface area contributed by atoms with Crippen molar-refractivity contribution in [3.63, 3.8) is 0 Å². The van der Waals surface area contributed by atoms with E-state index >= 15 is 0 Å². The van der Waals surface area contributed by atoms with Gasteiger partial charge in [-0.05, 0) is 53.7 Å². The molecule has 0 aromatic carbocycles. The van der Waals surface area contributed by atoms with Gasteiger partial charge in [0.05, 0.1) is 6.10 Å². The predicted molar refractivity (Wildman–Crippen MR) is 81.0 cm³/mol. The number of fused-ring (bicyclic) bond motifs is 1. The van der Waals surface area contributed by atoms with Crippen molar-refractivity contribution >= 4 is 11.3 Å². The van der Waals surface area contributed by atoms with E-state index in [0.717, 1.165) is 17.8 Å². The first kappa shape index (κ1) is 11.4. The number of pyridine rings is 1. The minimum atomic E-state index is 0.0607. The van der Waals surface area contributed by atoms with Crippen LogP contribution in [0.15, 0.2) is 42.0 Å². The Balaban J connectivity index is 1.54. The number of hydrogen-bond donors (Lipinski definition) is 0. The van der Waals surface area contributed by atoms with Gasteiger partial charge in [0.15, 0.2) is 0 Å². The van der Waals surface area contributed by atoms with E-state index in [9.17, 15) is 0 Å². The van der Waals surface area contributed by atoms with Crippen LogP contribution in [0.3, 0.4) is 0 Å². The molecular weight excluding hydrogens is 278 g/mol. The number of aromatic nitrogens is 1. The lowest BCUT2D eigenvalue weighted by Gasteiger charge is -2.51.